The first-order valence-electron chi connectivity index (χ1n) is 6.71. The molecule has 0 radical (unpaired) electrons. The number of hydrogen-bond acceptors (Lipinski definition) is 2. The summed E-state index contributed by atoms with van der Waals surface area (Å²) in [6, 6.07) is 16.7. The number of fused-ring (bicyclic) bond motifs is 1. The number of nitrogens with zero attached hydrogens (tertiary/aromatic N) is 3. The maximum atomic E-state index is 8.66. The van der Waals surface area contributed by atoms with Crippen LogP contribution in [0.2, 0.25) is 0 Å². The van der Waals surface area contributed by atoms with E-state index in [4.69, 9.17) is 5.26 Å². The second kappa shape index (κ2) is 5.58. The molecule has 3 heteroatoms. The lowest BCUT2D eigenvalue weighted by atomic mass is 10.0. The molecule has 0 spiro atoms. The Kier molecular flexibility index (Phi) is 3.47. The average molecular weight is 261 g/mol. The lowest BCUT2D eigenvalue weighted by Crippen LogP contribution is -1.98. The molecule has 0 saturated heterocycles. The molecule has 0 N–H and O–H groups in total. The molecular weight excluding hydrogens is 246 g/mol. The van der Waals surface area contributed by atoms with Crippen LogP contribution >= 0.6 is 0 Å². The van der Waals surface area contributed by atoms with Crippen LogP contribution in [0.15, 0.2) is 55.0 Å². The number of imidazole rings is 1. The minimum absolute atomic E-state index is 0.481. The van der Waals surface area contributed by atoms with Crippen molar-refractivity contribution < 1.29 is 0 Å². The number of benzene rings is 1. The van der Waals surface area contributed by atoms with E-state index < -0.39 is 0 Å². The highest BCUT2D eigenvalue weighted by molar-refractivity contribution is 5.45. The maximum Gasteiger partial charge on any atom is 0.0994 e. The van der Waals surface area contributed by atoms with Gasteiger partial charge in [-0.15, -0.1) is 0 Å². The third-order valence-electron chi connectivity index (χ3n) is 3.51. The van der Waals surface area contributed by atoms with E-state index in [1.807, 2.05) is 24.7 Å². The summed E-state index contributed by atoms with van der Waals surface area (Å²) in [5.74, 6) is 0. The predicted octanol–water partition coefficient (Wildman–Crippen LogP) is 3.19. The van der Waals surface area contributed by atoms with Crippen molar-refractivity contribution in [2.45, 2.75) is 19.3 Å². The van der Waals surface area contributed by atoms with Gasteiger partial charge in [-0.3, -0.25) is 0 Å². The van der Waals surface area contributed by atoms with Gasteiger partial charge in [0.15, 0.2) is 0 Å². The van der Waals surface area contributed by atoms with Gasteiger partial charge < -0.3 is 4.40 Å². The normalized spacial score (nSPS) is 10.6. The first-order chi connectivity index (χ1) is 9.86. The quantitative estimate of drug-likeness (QED) is 0.723. The van der Waals surface area contributed by atoms with Gasteiger partial charge in [-0.25, -0.2) is 4.98 Å². The van der Waals surface area contributed by atoms with Crippen molar-refractivity contribution in [2.24, 2.45) is 0 Å². The average Bonchev–Trinajstić information content (AvgIpc) is 2.96. The lowest BCUT2D eigenvalue weighted by Gasteiger charge is -2.06. The Balaban J connectivity index is 1.73. The fourth-order valence-corrected chi connectivity index (χ4v) is 2.40. The summed E-state index contributed by atoms with van der Waals surface area (Å²) in [5, 5.41) is 8.66. The van der Waals surface area contributed by atoms with Crippen LogP contribution in [0.3, 0.4) is 0 Å². The molecule has 2 aromatic heterocycles. The topological polar surface area (TPSA) is 41.1 Å². The molecule has 0 amide bonds. The fraction of sp³-hybridized carbons (Fsp3) is 0.176. The van der Waals surface area contributed by atoms with E-state index in [0.717, 1.165) is 23.9 Å². The Morgan fingerprint density at radius 3 is 2.60 bits per heavy atom. The highest BCUT2D eigenvalue weighted by Crippen LogP contribution is 2.12. The van der Waals surface area contributed by atoms with E-state index in [0.29, 0.717) is 6.42 Å². The Morgan fingerprint density at radius 1 is 1.00 bits per heavy atom. The molecule has 98 valence electrons. The Labute approximate surface area is 118 Å². The van der Waals surface area contributed by atoms with Gasteiger partial charge in [0.1, 0.15) is 0 Å². The van der Waals surface area contributed by atoms with Crippen LogP contribution in [0.5, 0.6) is 0 Å². The molecule has 2 heterocycles. The highest BCUT2D eigenvalue weighted by Gasteiger charge is 2.01. The molecule has 0 atom stereocenters. The summed E-state index contributed by atoms with van der Waals surface area (Å²) in [7, 11) is 0. The molecule has 1 aromatic carbocycles. The van der Waals surface area contributed by atoms with Crippen LogP contribution in [0, 0.1) is 11.3 Å². The summed E-state index contributed by atoms with van der Waals surface area (Å²) in [6.45, 7) is 0. The smallest absolute Gasteiger partial charge is 0.0994 e. The van der Waals surface area contributed by atoms with Crippen molar-refractivity contribution in [3.8, 4) is 6.07 Å². The molecule has 0 aliphatic rings. The number of hydrogen-bond donors (Lipinski definition) is 0. The van der Waals surface area contributed by atoms with Crippen molar-refractivity contribution in [2.75, 3.05) is 0 Å². The molecule has 3 aromatic rings. The maximum absolute atomic E-state index is 8.66. The third-order valence-corrected chi connectivity index (χ3v) is 3.51. The first kappa shape index (κ1) is 12.4. The lowest BCUT2D eigenvalue weighted by molar-refractivity contribution is 0.883. The monoisotopic (exact) mass is 261 g/mol. The molecule has 0 aliphatic carbocycles. The molecular formula is C17H15N3. The summed E-state index contributed by atoms with van der Waals surface area (Å²) < 4.78 is 2.13. The first-order valence-corrected chi connectivity index (χ1v) is 6.71. The Bertz CT molecular complexity index is 748. The van der Waals surface area contributed by atoms with E-state index in [2.05, 4.69) is 45.8 Å². The minimum atomic E-state index is 0.481. The summed E-state index contributed by atoms with van der Waals surface area (Å²) in [5.41, 5.74) is 4.77. The second-order valence-electron chi connectivity index (χ2n) is 4.86. The number of nitriles is 1. The largest absolute Gasteiger partial charge is 0.303 e. The SMILES string of the molecule is N#CCc1ccc(CCc2cccc3cncn23)cc1. The van der Waals surface area contributed by atoms with Crippen molar-refractivity contribution >= 4 is 5.52 Å². The van der Waals surface area contributed by atoms with Crippen LogP contribution in [0.25, 0.3) is 5.52 Å². The van der Waals surface area contributed by atoms with Crippen LogP contribution in [0.4, 0.5) is 0 Å². The minimum Gasteiger partial charge on any atom is -0.303 e. The van der Waals surface area contributed by atoms with Gasteiger partial charge in [-0.1, -0.05) is 30.3 Å². The third kappa shape index (κ3) is 2.55. The van der Waals surface area contributed by atoms with Gasteiger partial charge in [0.25, 0.3) is 0 Å². The number of aromatic nitrogens is 2. The van der Waals surface area contributed by atoms with E-state index in [1.54, 1.807) is 0 Å². The van der Waals surface area contributed by atoms with Crippen molar-refractivity contribution in [1.82, 2.24) is 9.38 Å². The molecule has 0 fully saturated rings. The molecule has 0 unspecified atom stereocenters. The summed E-state index contributed by atoms with van der Waals surface area (Å²) in [4.78, 5) is 4.18. The van der Waals surface area contributed by atoms with E-state index in [9.17, 15) is 0 Å². The van der Waals surface area contributed by atoms with E-state index in [-0.39, 0.29) is 0 Å². The predicted molar refractivity (Wildman–Crippen MR) is 78.4 cm³/mol. The molecule has 0 aliphatic heterocycles. The van der Waals surface area contributed by atoms with Crippen LogP contribution in [-0.2, 0) is 19.3 Å². The molecule has 0 saturated carbocycles. The van der Waals surface area contributed by atoms with Gasteiger partial charge in [0, 0.05) is 5.69 Å². The van der Waals surface area contributed by atoms with Crippen LogP contribution in [0.1, 0.15) is 16.8 Å². The standard InChI is InChI=1S/C17H15N3/c18-11-10-15-6-4-14(5-7-15)8-9-16-2-1-3-17-12-19-13-20(16)17/h1-7,12-13H,8-10H2. The Morgan fingerprint density at radius 2 is 1.80 bits per heavy atom. The van der Waals surface area contributed by atoms with Crippen LogP contribution in [-0.4, -0.2) is 9.38 Å². The summed E-state index contributed by atoms with van der Waals surface area (Å²) >= 11 is 0. The summed E-state index contributed by atoms with van der Waals surface area (Å²) in [6.07, 6.45) is 6.19. The fourth-order valence-electron chi connectivity index (χ4n) is 2.40. The van der Waals surface area contributed by atoms with Crippen molar-refractivity contribution in [3.05, 3.63) is 71.8 Å². The van der Waals surface area contributed by atoms with Crippen LogP contribution < -0.4 is 0 Å². The second-order valence-corrected chi connectivity index (χ2v) is 4.86. The van der Waals surface area contributed by atoms with Gasteiger partial charge >= 0.3 is 0 Å². The zero-order chi connectivity index (χ0) is 13.8. The van der Waals surface area contributed by atoms with Gasteiger partial charge in [0.2, 0.25) is 0 Å². The van der Waals surface area contributed by atoms with E-state index in [1.165, 1.54) is 11.3 Å². The zero-order valence-corrected chi connectivity index (χ0v) is 11.2. The molecule has 0 bridgehead atoms. The molecule has 3 nitrogen and oxygen atoms in total. The number of pyridine rings is 1. The van der Waals surface area contributed by atoms with Crippen molar-refractivity contribution in [3.63, 3.8) is 0 Å². The zero-order valence-electron chi connectivity index (χ0n) is 11.2. The highest BCUT2D eigenvalue weighted by atomic mass is 15.0. The van der Waals surface area contributed by atoms with Gasteiger partial charge in [0.05, 0.1) is 30.5 Å². The van der Waals surface area contributed by atoms with E-state index >= 15 is 0 Å². The number of aryl methyl sites for hydroxylation is 2. The van der Waals surface area contributed by atoms with Gasteiger partial charge in [-0.2, -0.15) is 5.26 Å². The molecule has 20 heavy (non-hydrogen) atoms. The van der Waals surface area contributed by atoms with Gasteiger partial charge in [-0.05, 0) is 36.1 Å². The molecule has 3 rings (SSSR count). The number of rotatable bonds is 4. The van der Waals surface area contributed by atoms with Crippen molar-refractivity contribution in [1.29, 1.82) is 5.26 Å². The Hall–Kier alpha value is -2.60.